The second-order valence-electron chi connectivity index (χ2n) is 6.50. The summed E-state index contributed by atoms with van der Waals surface area (Å²) in [6.45, 7) is 2.53. The maximum absolute atomic E-state index is 12.1. The number of hydrogen-bond acceptors (Lipinski definition) is 2. The van der Waals surface area contributed by atoms with E-state index in [0.717, 1.165) is 29.3 Å². The molecule has 0 saturated heterocycles. The minimum absolute atomic E-state index is 0.156. The van der Waals surface area contributed by atoms with Crippen molar-refractivity contribution in [1.29, 1.82) is 0 Å². The molecule has 1 aromatic heterocycles. The van der Waals surface area contributed by atoms with Crippen LogP contribution in [0.3, 0.4) is 0 Å². The van der Waals surface area contributed by atoms with Gasteiger partial charge in [0.1, 0.15) is 0 Å². The van der Waals surface area contributed by atoms with E-state index in [2.05, 4.69) is 10.4 Å². The minimum Gasteiger partial charge on any atom is -0.352 e. The second kappa shape index (κ2) is 7.44. The number of aryl methyl sites for hydroxylation is 1. The number of benzene rings is 1. The van der Waals surface area contributed by atoms with Gasteiger partial charge in [0.15, 0.2) is 0 Å². The van der Waals surface area contributed by atoms with Gasteiger partial charge in [-0.05, 0) is 37.0 Å². The number of nitrogens with one attached hydrogen (secondary N) is 1. The first kappa shape index (κ1) is 15.8. The summed E-state index contributed by atoms with van der Waals surface area (Å²) in [4.78, 5) is 12.1. The van der Waals surface area contributed by atoms with Gasteiger partial charge in [0, 0.05) is 19.2 Å². The standard InChI is InChI=1S/C19H25N3O/c1-15-12-13-22(21-15)18-9-5-4-8-17(18)14-20-19(23)11-10-16-6-2-3-7-16/h4-5,8-9,12-13,16H,2-3,6-7,10-11,14H2,1H3,(H,20,23). The highest BCUT2D eigenvalue weighted by atomic mass is 16.1. The number of nitrogens with zero attached hydrogens (tertiary/aromatic N) is 2. The van der Waals surface area contributed by atoms with E-state index in [1.54, 1.807) is 0 Å². The highest BCUT2D eigenvalue weighted by Crippen LogP contribution is 2.28. The normalized spacial score (nSPS) is 15.0. The van der Waals surface area contributed by atoms with E-state index < -0.39 is 0 Å². The van der Waals surface area contributed by atoms with Crippen LogP contribution < -0.4 is 5.32 Å². The van der Waals surface area contributed by atoms with Gasteiger partial charge in [-0.3, -0.25) is 4.79 Å². The van der Waals surface area contributed by atoms with Gasteiger partial charge in [0.05, 0.1) is 11.4 Å². The zero-order valence-electron chi connectivity index (χ0n) is 13.8. The summed E-state index contributed by atoms with van der Waals surface area (Å²) < 4.78 is 1.87. The first-order valence-electron chi connectivity index (χ1n) is 8.59. The van der Waals surface area contributed by atoms with Crippen LogP contribution in [0.1, 0.15) is 49.8 Å². The molecule has 0 radical (unpaired) electrons. The van der Waals surface area contributed by atoms with E-state index in [9.17, 15) is 4.79 Å². The molecule has 1 saturated carbocycles. The van der Waals surface area contributed by atoms with Gasteiger partial charge in [-0.15, -0.1) is 0 Å². The Labute approximate surface area is 137 Å². The van der Waals surface area contributed by atoms with Crippen LogP contribution in [-0.4, -0.2) is 15.7 Å². The third-order valence-corrected chi connectivity index (χ3v) is 4.69. The molecule has 0 atom stereocenters. The zero-order valence-corrected chi connectivity index (χ0v) is 13.8. The van der Waals surface area contributed by atoms with Crippen molar-refractivity contribution in [3.8, 4) is 5.69 Å². The first-order valence-corrected chi connectivity index (χ1v) is 8.59. The molecule has 1 heterocycles. The van der Waals surface area contributed by atoms with Crippen molar-refractivity contribution < 1.29 is 4.79 Å². The lowest BCUT2D eigenvalue weighted by atomic mass is 10.0. The molecule has 0 aliphatic heterocycles. The Morgan fingerprint density at radius 3 is 2.78 bits per heavy atom. The maximum Gasteiger partial charge on any atom is 0.220 e. The molecule has 1 aliphatic carbocycles. The number of amides is 1. The van der Waals surface area contributed by atoms with E-state index in [1.807, 2.05) is 48.1 Å². The maximum atomic E-state index is 12.1. The quantitative estimate of drug-likeness (QED) is 0.883. The lowest BCUT2D eigenvalue weighted by Gasteiger charge is -2.12. The van der Waals surface area contributed by atoms with Crippen molar-refractivity contribution in [2.75, 3.05) is 0 Å². The Bertz CT molecular complexity index is 656. The molecule has 3 rings (SSSR count). The highest BCUT2D eigenvalue weighted by molar-refractivity contribution is 5.76. The predicted octanol–water partition coefficient (Wildman–Crippen LogP) is 3.77. The molecule has 1 fully saturated rings. The van der Waals surface area contributed by atoms with E-state index in [4.69, 9.17) is 0 Å². The lowest BCUT2D eigenvalue weighted by molar-refractivity contribution is -0.121. The molecule has 1 N–H and O–H groups in total. The average Bonchev–Trinajstić information content (AvgIpc) is 3.22. The molecule has 0 bridgehead atoms. The molecule has 1 aliphatic rings. The fraction of sp³-hybridized carbons (Fsp3) is 0.474. The zero-order chi connectivity index (χ0) is 16.1. The first-order chi connectivity index (χ1) is 11.2. The molecule has 0 spiro atoms. The van der Waals surface area contributed by atoms with Crippen LogP contribution in [0.5, 0.6) is 0 Å². The fourth-order valence-corrected chi connectivity index (χ4v) is 3.35. The van der Waals surface area contributed by atoms with Crippen LogP contribution in [0.25, 0.3) is 5.69 Å². The Hall–Kier alpha value is -2.10. The summed E-state index contributed by atoms with van der Waals surface area (Å²) in [5.41, 5.74) is 3.10. The number of hydrogen-bond donors (Lipinski definition) is 1. The summed E-state index contributed by atoms with van der Waals surface area (Å²) in [7, 11) is 0. The number of carbonyl (C=O) groups excluding carboxylic acids is 1. The topological polar surface area (TPSA) is 46.9 Å². The van der Waals surface area contributed by atoms with Crippen LogP contribution >= 0.6 is 0 Å². The van der Waals surface area contributed by atoms with Crippen molar-refractivity contribution in [3.63, 3.8) is 0 Å². The number of para-hydroxylation sites is 1. The SMILES string of the molecule is Cc1ccn(-c2ccccc2CNC(=O)CCC2CCCC2)n1. The van der Waals surface area contributed by atoms with Crippen molar-refractivity contribution in [2.45, 2.75) is 52.0 Å². The summed E-state index contributed by atoms with van der Waals surface area (Å²) in [6.07, 6.45) is 8.91. The smallest absolute Gasteiger partial charge is 0.220 e. The predicted molar refractivity (Wildman–Crippen MR) is 91.3 cm³/mol. The monoisotopic (exact) mass is 311 g/mol. The van der Waals surface area contributed by atoms with Gasteiger partial charge in [0.25, 0.3) is 0 Å². The van der Waals surface area contributed by atoms with Crippen molar-refractivity contribution in [1.82, 2.24) is 15.1 Å². The number of rotatable bonds is 6. The molecule has 0 unspecified atom stereocenters. The molecule has 2 aromatic rings. The molecule has 23 heavy (non-hydrogen) atoms. The van der Waals surface area contributed by atoms with Crippen LogP contribution in [0, 0.1) is 12.8 Å². The molecule has 4 heteroatoms. The molecule has 122 valence electrons. The van der Waals surface area contributed by atoms with Gasteiger partial charge >= 0.3 is 0 Å². The van der Waals surface area contributed by atoms with Crippen molar-refractivity contribution >= 4 is 5.91 Å². The van der Waals surface area contributed by atoms with Crippen LogP contribution in [-0.2, 0) is 11.3 Å². The third kappa shape index (κ3) is 4.21. The van der Waals surface area contributed by atoms with E-state index in [-0.39, 0.29) is 5.91 Å². The van der Waals surface area contributed by atoms with Gasteiger partial charge in [-0.1, -0.05) is 43.9 Å². The largest absolute Gasteiger partial charge is 0.352 e. The summed E-state index contributed by atoms with van der Waals surface area (Å²) in [5.74, 6) is 0.920. The Morgan fingerprint density at radius 1 is 1.26 bits per heavy atom. The highest BCUT2D eigenvalue weighted by Gasteiger charge is 2.16. The average molecular weight is 311 g/mol. The van der Waals surface area contributed by atoms with Gasteiger partial charge in [-0.25, -0.2) is 4.68 Å². The molecular formula is C19H25N3O. The number of aromatic nitrogens is 2. The van der Waals surface area contributed by atoms with Crippen molar-refractivity contribution in [3.05, 3.63) is 47.8 Å². The Kier molecular flexibility index (Phi) is 5.11. The van der Waals surface area contributed by atoms with E-state index in [1.165, 1.54) is 25.7 Å². The van der Waals surface area contributed by atoms with Crippen LogP contribution in [0.4, 0.5) is 0 Å². The van der Waals surface area contributed by atoms with Crippen LogP contribution in [0.2, 0.25) is 0 Å². The van der Waals surface area contributed by atoms with Crippen LogP contribution in [0.15, 0.2) is 36.5 Å². The van der Waals surface area contributed by atoms with E-state index >= 15 is 0 Å². The van der Waals surface area contributed by atoms with E-state index in [0.29, 0.717) is 13.0 Å². The van der Waals surface area contributed by atoms with Gasteiger partial charge in [0.2, 0.25) is 5.91 Å². The number of carbonyl (C=O) groups is 1. The summed E-state index contributed by atoms with van der Waals surface area (Å²) in [5, 5.41) is 7.52. The van der Waals surface area contributed by atoms with Crippen molar-refractivity contribution in [2.24, 2.45) is 5.92 Å². The Balaban J connectivity index is 1.56. The van der Waals surface area contributed by atoms with Gasteiger partial charge < -0.3 is 5.32 Å². The van der Waals surface area contributed by atoms with Gasteiger partial charge in [-0.2, -0.15) is 5.10 Å². The third-order valence-electron chi connectivity index (χ3n) is 4.69. The lowest BCUT2D eigenvalue weighted by Crippen LogP contribution is -2.23. The fourth-order valence-electron chi connectivity index (χ4n) is 3.35. The minimum atomic E-state index is 0.156. The molecule has 4 nitrogen and oxygen atoms in total. The summed E-state index contributed by atoms with van der Waals surface area (Å²) >= 11 is 0. The molecule has 1 amide bonds. The second-order valence-corrected chi connectivity index (χ2v) is 6.50. The Morgan fingerprint density at radius 2 is 2.04 bits per heavy atom. The summed E-state index contributed by atoms with van der Waals surface area (Å²) in [6, 6.07) is 10.1. The molecular weight excluding hydrogens is 286 g/mol. The molecule has 1 aromatic carbocycles.